The van der Waals surface area contributed by atoms with E-state index in [1.807, 2.05) is 49.4 Å². The molecule has 0 unspecified atom stereocenters. The molecule has 0 bridgehead atoms. The number of carbonyl (C=O) groups is 1. The number of carbonyl (C=O) groups excluding carboxylic acids is 1. The predicted molar refractivity (Wildman–Crippen MR) is 96.9 cm³/mol. The van der Waals surface area contributed by atoms with Gasteiger partial charge in [0.15, 0.2) is 0 Å². The first-order chi connectivity index (χ1) is 11.7. The van der Waals surface area contributed by atoms with Crippen molar-refractivity contribution in [2.24, 2.45) is 0 Å². The first kappa shape index (κ1) is 17.4. The van der Waals surface area contributed by atoms with Crippen LogP contribution >= 0.6 is 0 Å². The van der Waals surface area contributed by atoms with Crippen molar-refractivity contribution in [1.82, 2.24) is 0 Å². The van der Waals surface area contributed by atoms with E-state index in [9.17, 15) is 4.79 Å². The van der Waals surface area contributed by atoms with E-state index >= 15 is 0 Å². The molecule has 1 amide bonds. The summed E-state index contributed by atoms with van der Waals surface area (Å²) in [5.74, 6) is 1.37. The number of amides is 1. The van der Waals surface area contributed by atoms with Gasteiger partial charge in [-0.15, -0.1) is 0 Å². The van der Waals surface area contributed by atoms with Gasteiger partial charge in [-0.05, 0) is 43.3 Å². The van der Waals surface area contributed by atoms with Gasteiger partial charge in [-0.1, -0.05) is 18.7 Å². The molecule has 24 heavy (non-hydrogen) atoms. The monoisotopic (exact) mass is 326 g/mol. The Bertz CT molecular complexity index is 669. The molecule has 0 aliphatic rings. The van der Waals surface area contributed by atoms with E-state index in [2.05, 4.69) is 17.2 Å². The molecule has 0 heterocycles. The topological polar surface area (TPSA) is 59.6 Å². The lowest BCUT2D eigenvalue weighted by Gasteiger charge is -2.10. The maximum atomic E-state index is 12.0. The van der Waals surface area contributed by atoms with E-state index in [4.69, 9.17) is 9.47 Å². The van der Waals surface area contributed by atoms with E-state index in [1.54, 1.807) is 12.1 Å². The van der Waals surface area contributed by atoms with E-state index < -0.39 is 0 Å². The van der Waals surface area contributed by atoms with Crippen molar-refractivity contribution in [3.8, 4) is 11.5 Å². The maximum Gasteiger partial charge on any atom is 0.243 e. The summed E-state index contributed by atoms with van der Waals surface area (Å²) >= 11 is 0. The summed E-state index contributed by atoms with van der Waals surface area (Å²) in [5.41, 5.74) is 1.56. The predicted octanol–water partition coefficient (Wildman–Crippen LogP) is 3.70. The Kier molecular flexibility index (Phi) is 6.71. The van der Waals surface area contributed by atoms with E-state index in [0.717, 1.165) is 17.2 Å². The van der Waals surface area contributed by atoms with Gasteiger partial charge in [0, 0.05) is 17.4 Å². The van der Waals surface area contributed by atoms with Crippen LogP contribution in [0.15, 0.2) is 61.2 Å². The number of hydrogen-bond donors (Lipinski definition) is 2. The highest BCUT2D eigenvalue weighted by Crippen LogP contribution is 2.18. The minimum absolute atomic E-state index is 0.129. The quantitative estimate of drug-likeness (QED) is 0.690. The summed E-state index contributed by atoms with van der Waals surface area (Å²) in [6.45, 7) is 6.75. The third kappa shape index (κ3) is 5.68. The fraction of sp³-hybridized carbons (Fsp3) is 0.211. The van der Waals surface area contributed by atoms with Crippen LogP contribution in [0.5, 0.6) is 11.5 Å². The molecule has 0 spiro atoms. The lowest BCUT2D eigenvalue weighted by molar-refractivity contribution is -0.114. The van der Waals surface area contributed by atoms with Gasteiger partial charge >= 0.3 is 0 Å². The third-order valence-electron chi connectivity index (χ3n) is 3.10. The summed E-state index contributed by atoms with van der Waals surface area (Å²) < 4.78 is 10.8. The SMILES string of the molecule is C=CCOc1ccc(NCC(=O)Nc2cccc(OCC)c2)cc1. The van der Waals surface area contributed by atoms with Crippen molar-refractivity contribution in [2.75, 3.05) is 30.4 Å². The second-order valence-corrected chi connectivity index (χ2v) is 4.99. The zero-order valence-electron chi connectivity index (χ0n) is 13.7. The van der Waals surface area contributed by atoms with E-state index in [0.29, 0.717) is 18.9 Å². The van der Waals surface area contributed by atoms with Gasteiger partial charge in [-0.25, -0.2) is 0 Å². The highest BCUT2D eigenvalue weighted by Gasteiger charge is 2.04. The van der Waals surface area contributed by atoms with E-state index in [1.165, 1.54) is 0 Å². The molecular formula is C19H22N2O3. The molecule has 0 aromatic heterocycles. The van der Waals surface area contributed by atoms with Crippen LogP contribution in [-0.4, -0.2) is 25.7 Å². The van der Waals surface area contributed by atoms with Crippen molar-refractivity contribution in [3.63, 3.8) is 0 Å². The molecule has 0 radical (unpaired) electrons. The molecule has 5 heteroatoms. The second-order valence-electron chi connectivity index (χ2n) is 4.99. The number of hydrogen-bond acceptors (Lipinski definition) is 4. The van der Waals surface area contributed by atoms with Gasteiger partial charge < -0.3 is 20.1 Å². The Morgan fingerprint density at radius 2 is 1.88 bits per heavy atom. The molecule has 5 nitrogen and oxygen atoms in total. The fourth-order valence-corrected chi connectivity index (χ4v) is 2.04. The Morgan fingerprint density at radius 1 is 1.08 bits per heavy atom. The Balaban J connectivity index is 1.82. The molecular weight excluding hydrogens is 304 g/mol. The number of rotatable bonds is 9. The van der Waals surface area contributed by atoms with Crippen LogP contribution in [0.3, 0.4) is 0 Å². The molecule has 0 fully saturated rings. The van der Waals surface area contributed by atoms with Crippen LogP contribution in [0.1, 0.15) is 6.92 Å². The molecule has 2 aromatic rings. The van der Waals surface area contributed by atoms with Crippen LogP contribution in [0, 0.1) is 0 Å². The number of ether oxygens (including phenoxy) is 2. The summed E-state index contributed by atoms with van der Waals surface area (Å²) in [7, 11) is 0. The zero-order chi connectivity index (χ0) is 17.2. The summed E-state index contributed by atoms with van der Waals surface area (Å²) in [5, 5.41) is 5.90. The maximum absolute atomic E-state index is 12.0. The van der Waals surface area contributed by atoms with Crippen molar-refractivity contribution in [1.29, 1.82) is 0 Å². The van der Waals surface area contributed by atoms with Gasteiger partial charge in [0.1, 0.15) is 18.1 Å². The van der Waals surface area contributed by atoms with E-state index in [-0.39, 0.29) is 12.5 Å². The lowest BCUT2D eigenvalue weighted by atomic mass is 10.3. The van der Waals surface area contributed by atoms with Crippen LogP contribution in [0.2, 0.25) is 0 Å². The zero-order valence-corrected chi connectivity index (χ0v) is 13.7. The molecule has 2 rings (SSSR count). The normalized spacial score (nSPS) is 9.88. The molecule has 2 aromatic carbocycles. The Hall–Kier alpha value is -2.95. The summed E-state index contributed by atoms with van der Waals surface area (Å²) in [4.78, 5) is 12.0. The first-order valence-electron chi connectivity index (χ1n) is 7.81. The summed E-state index contributed by atoms with van der Waals surface area (Å²) in [6.07, 6.45) is 1.69. The molecule has 0 aliphatic heterocycles. The third-order valence-corrected chi connectivity index (χ3v) is 3.10. The van der Waals surface area contributed by atoms with Crippen LogP contribution in [0.4, 0.5) is 11.4 Å². The molecule has 2 N–H and O–H groups in total. The average Bonchev–Trinajstić information content (AvgIpc) is 2.60. The smallest absolute Gasteiger partial charge is 0.243 e. The van der Waals surface area contributed by atoms with Crippen LogP contribution < -0.4 is 20.1 Å². The molecule has 0 aliphatic carbocycles. The van der Waals surface area contributed by atoms with Crippen LogP contribution in [-0.2, 0) is 4.79 Å². The Labute approximate surface area is 142 Å². The first-order valence-corrected chi connectivity index (χ1v) is 7.81. The highest BCUT2D eigenvalue weighted by atomic mass is 16.5. The van der Waals surface area contributed by atoms with Gasteiger partial charge in [0.05, 0.1) is 13.2 Å². The van der Waals surface area contributed by atoms with Crippen LogP contribution in [0.25, 0.3) is 0 Å². The lowest BCUT2D eigenvalue weighted by Crippen LogP contribution is -2.21. The number of anilines is 2. The van der Waals surface area contributed by atoms with Crippen molar-refractivity contribution < 1.29 is 14.3 Å². The van der Waals surface area contributed by atoms with Gasteiger partial charge in [-0.3, -0.25) is 4.79 Å². The van der Waals surface area contributed by atoms with Crippen molar-refractivity contribution >= 4 is 17.3 Å². The van der Waals surface area contributed by atoms with Gasteiger partial charge in [0.2, 0.25) is 5.91 Å². The fourth-order valence-electron chi connectivity index (χ4n) is 2.04. The summed E-state index contributed by atoms with van der Waals surface area (Å²) in [6, 6.07) is 14.7. The highest BCUT2D eigenvalue weighted by molar-refractivity contribution is 5.93. The molecule has 0 saturated heterocycles. The number of benzene rings is 2. The van der Waals surface area contributed by atoms with Gasteiger partial charge in [-0.2, -0.15) is 0 Å². The average molecular weight is 326 g/mol. The largest absolute Gasteiger partial charge is 0.494 e. The Morgan fingerprint density at radius 3 is 2.58 bits per heavy atom. The standard InChI is InChI=1S/C19H22N2O3/c1-3-12-24-17-10-8-15(9-11-17)20-14-19(22)21-16-6-5-7-18(13-16)23-4-2/h3,5-11,13,20H,1,4,12,14H2,2H3,(H,21,22). The molecule has 0 saturated carbocycles. The minimum atomic E-state index is -0.129. The van der Waals surface area contributed by atoms with Gasteiger partial charge in [0.25, 0.3) is 0 Å². The van der Waals surface area contributed by atoms with Crippen molar-refractivity contribution in [2.45, 2.75) is 6.92 Å². The molecule has 0 atom stereocenters. The van der Waals surface area contributed by atoms with Crippen molar-refractivity contribution in [3.05, 3.63) is 61.2 Å². The second kappa shape index (κ2) is 9.25. The minimum Gasteiger partial charge on any atom is -0.494 e. The molecule has 126 valence electrons. The number of nitrogens with one attached hydrogen (secondary N) is 2.